The summed E-state index contributed by atoms with van der Waals surface area (Å²) >= 11 is 6.39. The third-order valence-corrected chi connectivity index (χ3v) is 3.54. The van der Waals surface area contributed by atoms with E-state index in [1.807, 2.05) is 0 Å². The Morgan fingerprint density at radius 3 is 2.35 bits per heavy atom. The summed E-state index contributed by atoms with van der Waals surface area (Å²) in [7, 11) is 0. The third-order valence-electron chi connectivity index (χ3n) is 3.04. The monoisotopic (exact) mass is 253 g/mol. The van der Waals surface area contributed by atoms with Crippen LogP contribution in [0.15, 0.2) is 12.1 Å². The van der Waals surface area contributed by atoms with Crippen molar-refractivity contribution in [2.24, 2.45) is 5.73 Å². The zero-order valence-corrected chi connectivity index (χ0v) is 12.2. The molecule has 1 aromatic rings. The van der Waals surface area contributed by atoms with Gasteiger partial charge in [-0.1, -0.05) is 44.5 Å². The largest absolute Gasteiger partial charge is 0.330 e. The summed E-state index contributed by atoms with van der Waals surface area (Å²) in [5, 5.41) is 0.917. The van der Waals surface area contributed by atoms with Crippen molar-refractivity contribution in [2.45, 2.75) is 52.4 Å². The number of benzene rings is 1. The van der Waals surface area contributed by atoms with E-state index in [9.17, 15) is 0 Å². The van der Waals surface area contributed by atoms with Crippen LogP contribution in [0.3, 0.4) is 0 Å². The standard InChI is InChI=1S/C15H24ClN/c1-11-9-12(7-5-6-8-17)10-13(14(11)16)15(2,3)4/h9-10H,5-8,17H2,1-4H3. The number of rotatable bonds is 4. The molecule has 1 rings (SSSR count). The minimum Gasteiger partial charge on any atom is -0.330 e. The lowest BCUT2D eigenvalue weighted by Gasteiger charge is -2.23. The maximum atomic E-state index is 6.39. The Kier molecular flexibility index (Phi) is 5.03. The predicted octanol–water partition coefficient (Wildman–Crippen LogP) is 4.23. The molecule has 0 saturated carbocycles. The van der Waals surface area contributed by atoms with Gasteiger partial charge in [0.2, 0.25) is 0 Å². The zero-order chi connectivity index (χ0) is 13.1. The van der Waals surface area contributed by atoms with Crippen LogP contribution < -0.4 is 5.73 Å². The molecule has 0 bridgehead atoms. The summed E-state index contributed by atoms with van der Waals surface area (Å²) < 4.78 is 0. The van der Waals surface area contributed by atoms with Crippen molar-refractivity contribution in [3.05, 3.63) is 33.8 Å². The van der Waals surface area contributed by atoms with E-state index in [0.717, 1.165) is 30.8 Å². The number of halogens is 1. The maximum Gasteiger partial charge on any atom is 0.0472 e. The highest BCUT2D eigenvalue weighted by atomic mass is 35.5. The van der Waals surface area contributed by atoms with Crippen molar-refractivity contribution in [1.29, 1.82) is 0 Å². The van der Waals surface area contributed by atoms with Gasteiger partial charge >= 0.3 is 0 Å². The van der Waals surface area contributed by atoms with Gasteiger partial charge < -0.3 is 5.73 Å². The van der Waals surface area contributed by atoms with E-state index in [-0.39, 0.29) is 5.41 Å². The van der Waals surface area contributed by atoms with E-state index < -0.39 is 0 Å². The van der Waals surface area contributed by atoms with Gasteiger partial charge in [0, 0.05) is 5.02 Å². The molecule has 0 radical (unpaired) electrons. The molecule has 0 amide bonds. The molecule has 0 aromatic heterocycles. The molecule has 0 unspecified atom stereocenters. The Morgan fingerprint density at radius 2 is 1.82 bits per heavy atom. The molecule has 0 atom stereocenters. The van der Waals surface area contributed by atoms with Crippen molar-refractivity contribution in [3.63, 3.8) is 0 Å². The first-order valence-electron chi connectivity index (χ1n) is 6.36. The van der Waals surface area contributed by atoms with Crippen LogP contribution in [0.5, 0.6) is 0 Å². The Labute approximate surface area is 110 Å². The van der Waals surface area contributed by atoms with Crippen LogP contribution in [-0.4, -0.2) is 6.54 Å². The van der Waals surface area contributed by atoms with Crippen molar-refractivity contribution < 1.29 is 0 Å². The second-order valence-corrected chi connectivity index (χ2v) is 6.15. The molecule has 0 spiro atoms. The fourth-order valence-corrected chi connectivity index (χ4v) is 2.40. The van der Waals surface area contributed by atoms with Gasteiger partial charge in [-0.25, -0.2) is 0 Å². The van der Waals surface area contributed by atoms with Crippen LogP contribution in [0.4, 0.5) is 0 Å². The Balaban J connectivity index is 2.98. The number of unbranched alkanes of at least 4 members (excludes halogenated alkanes) is 1. The maximum absolute atomic E-state index is 6.39. The number of hydrogen-bond acceptors (Lipinski definition) is 1. The van der Waals surface area contributed by atoms with E-state index >= 15 is 0 Å². The van der Waals surface area contributed by atoms with Gasteiger partial charge in [0.15, 0.2) is 0 Å². The SMILES string of the molecule is Cc1cc(CCCCN)cc(C(C)(C)C)c1Cl. The predicted molar refractivity (Wildman–Crippen MR) is 76.9 cm³/mol. The topological polar surface area (TPSA) is 26.0 Å². The molecule has 2 heteroatoms. The quantitative estimate of drug-likeness (QED) is 0.799. The van der Waals surface area contributed by atoms with Crippen molar-refractivity contribution in [2.75, 3.05) is 6.54 Å². The first-order chi connectivity index (χ1) is 7.86. The van der Waals surface area contributed by atoms with E-state index in [1.165, 1.54) is 16.7 Å². The second-order valence-electron chi connectivity index (χ2n) is 5.77. The molecular formula is C15H24ClN. The van der Waals surface area contributed by atoms with Crippen LogP contribution in [0.1, 0.15) is 50.3 Å². The highest BCUT2D eigenvalue weighted by Crippen LogP contribution is 2.33. The fourth-order valence-electron chi connectivity index (χ4n) is 2.01. The third kappa shape index (κ3) is 4.01. The summed E-state index contributed by atoms with van der Waals surface area (Å²) in [6.45, 7) is 9.48. The van der Waals surface area contributed by atoms with Gasteiger partial charge in [0.05, 0.1) is 0 Å². The fraction of sp³-hybridized carbons (Fsp3) is 0.600. The first-order valence-corrected chi connectivity index (χ1v) is 6.73. The van der Waals surface area contributed by atoms with E-state index in [1.54, 1.807) is 0 Å². The highest BCUT2D eigenvalue weighted by Gasteiger charge is 2.19. The molecule has 96 valence electrons. The molecule has 0 aliphatic carbocycles. The lowest BCUT2D eigenvalue weighted by atomic mass is 9.84. The van der Waals surface area contributed by atoms with Gasteiger partial charge in [-0.2, -0.15) is 0 Å². The van der Waals surface area contributed by atoms with Gasteiger partial charge in [-0.3, -0.25) is 0 Å². The minimum absolute atomic E-state index is 0.103. The summed E-state index contributed by atoms with van der Waals surface area (Å²) in [5.74, 6) is 0. The van der Waals surface area contributed by atoms with Crippen LogP contribution in [0.2, 0.25) is 5.02 Å². The molecule has 1 nitrogen and oxygen atoms in total. The molecule has 0 aliphatic heterocycles. The molecule has 0 saturated heterocycles. The average Bonchev–Trinajstić information content (AvgIpc) is 2.21. The average molecular weight is 254 g/mol. The van der Waals surface area contributed by atoms with Crippen LogP contribution >= 0.6 is 11.6 Å². The summed E-state index contributed by atoms with van der Waals surface area (Å²) in [6.07, 6.45) is 3.34. The Bertz CT molecular complexity index is 377. The van der Waals surface area contributed by atoms with Crippen molar-refractivity contribution >= 4 is 11.6 Å². The van der Waals surface area contributed by atoms with Crippen molar-refractivity contribution in [3.8, 4) is 0 Å². The van der Waals surface area contributed by atoms with E-state index in [2.05, 4.69) is 39.8 Å². The summed E-state index contributed by atoms with van der Waals surface area (Å²) in [5.41, 5.74) is 9.44. The summed E-state index contributed by atoms with van der Waals surface area (Å²) in [4.78, 5) is 0. The number of hydrogen-bond donors (Lipinski definition) is 1. The van der Waals surface area contributed by atoms with Gasteiger partial charge in [0.25, 0.3) is 0 Å². The molecule has 0 fully saturated rings. The number of nitrogens with two attached hydrogens (primary N) is 1. The molecule has 0 aliphatic rings. The summed E-state index contributed by atoms with van der Waals surface area (Å²) in [6, 6.07) is 4.46. The van der Waals surface area contributed by atoms with Gasteiger partial charge in [-0.05, 0) is 54.8 Å². The number of aryl methyl sites for hydroxylation is 2. The smallest absolute Gasteiger partial charge is 0.0472 e. The van der Waals surface area contributed by atoms with Gasteiger partial charge in [-0.15, -0.1) is 0 Å². The van der Waals surface area contributed by atoms with E-state index in [4.69, 9.17) is 17.3 Å². The lowest BCUT2D eigenvalue weighted by Crippen LogP contribution is -2.13. The van der Waals surface area contributed by atoms with Gasteiger partial charge in [0.1, 0.15) is 0 Å². The lowest BCUT2D eigenvalue weighted by molar-refractivity contribution is 0.588. The zero-order valence-electron chi connectivity index (χ0n) is 11.4. The first kappa shape index (κ1) is 14.5. The molecule has 17 heavy (non-hydrogen) atoms. The Morgan fingerprint density at radius 1 is 1.18 bits per heavy atom. The second kappa shape index (κ2) is 5.88. The molecule has 0 heterocycles. The van der Waals surface area contributed by atoms with Crippen LogP contribution in [0, 0.1) is 6.92 Å². The molecular weight excluding hydrogens is 230 g/mol. The van der Waals surface area contributed by atoms with E-state index in [0.29, 0.717) is 0 Å². The van der Waals surface area contributed by atoms with Crippen molar-refractivity contribution in [1.82, 2.24) is 0 Å². The van der Waals surface area contributed by atoms with Crippen LogP contribution in [0.25, 0.3) is 0 Å². The minimum atomic E-state index is 0.103. The Hall–Kier alpha value is -0.530. The molecule has 1 aromatic carbocycles. The normalized spacial score (nSPS) is 11.9. The van der Waals surface area contributed by atoms with Crippen LogP contribution in [-0.2, 0) is 11.8 Å². The highest BCUT2D eigenvalue weighted by molar-refractivity contribution is 6.32. The molecule has 2 N–H and O–H groups in total.